The highest BCUT2D eigenvalue weighted by Gasteiger charge is 2.11. The average molecular weight is 309 g/mol. The molecule has 0 bridgehead atoms. The van der Waals surface area contributed by atoms with Gasteiger partial charge in [-0.3, -0.25) is 4.79 Å². The molecule has 1 amide bonds. The molecule has 0 unspecified atom stereocenters. The van der Waals surface area contributed by atoms with Crippen LogP contribution in [0.5, 0.6) is 5.75 Å². The number of hydrogen-bond acceptors (Lipinski definition) is 4. The van der Waals surface area contributed by atoms with Crippen molar-refractivity contribution in [2.75, 3.05) is 7.11 Å². The molecule has 6 heteroatoms. The SMILES string of the molecule is COc1ccccc1C(=O)NN=C(C)c1ccc(Cl)s1. The van der Waals surface area contributed by atoms with E-state index in [0.717, 1.165) is 4.88 Å². The van der Waals surface area contributed by atoms with E-state index in [1.165, 1.54) is 18.4 Å². The molecule has 1 aromatic heterocycles. The molecule has 104 valence electrons. The highest BCUT2D eigenvalue weighted by Crippen LogP contribution is 2.22. The highest BCUT2D eigenvalue weighted by atomic mass is 35.5. The van der Waals surface area contributed by atoms with Crippen LogP contribution < -0.4 is 10.2 Å². The van der Waals surface area contributed by atoms with Gasteiger partial charge in [-0.25, -0.2) is 5.43 Å². The number of para-hydroxylation sites is 1. The zero-order chi connectivity index (χ0) is 14.5. The van der Waals surface area contributed by atoms with Gasteiger partial charge < -0.3 is 4.74 Å². The molecule has 1 aromatic carbocycles. The molecule has 0 atom stereocenters. The standard InChI is InChI=1S/C14H13ClN2O2S/c1-9(12-7-8-13(15)20-12)16-17-14(18)10-5-3-4-6-11(10)19-2/h3-8H,1-2H3,(H,17,18). The van der Waals surface area contributed by atoms with Gasteiger partial charge in [0.05, 0.1) is 27.6 Å². The van der Waals surface area contributed by atoms with E-state index >= 15 is 0 Å². The second kappa shape index (κ2) is 6.54. The summed E-state index contributed by atoms with van der Waals surface area (Å²) in [5, 5.41) is 4.07. The third-order valence-electron chi connectivity index (χ3n) is 2.61. The first-order valence-electron chi connectivity index (χ1n) is 5.85. The average Bonchev–Trinajstić information content (AvgIpc) is 2.91. The van der Waals surface area contributed by atoms with Crippen molar-refractivity contribution in [1.29, 1.82) is 0 Å². The maximum absolute atomic E-state index is 12.0. The topological polar surface area (TPSA) is 50.7 Å². The number of ether oxygens (including phenoxy) is 1. The van der Waals surface area contributed by atoms with Crippen LogP contribution in [0.3, 0.4) is 0 Å². The van der Waals surface area contributed by atoms with E-state index in [1.54, 1.807) is 30.3 Å². The molecular weight excluding hydrogens is 296 g/mol. The Morgan fingerprint density at radius 2 is 2.05 bits per heavy atom. The zero-order valence-corrected chi connectivity index (χ0v) is 12.6. The number of carbonyl (C=O) groups excluding carboxylic acids is 1. The van der Waals surface area contributed by atoms with Crippen molar-refractivity contribution >= 4 is 34.6 Å². The minimum atomic E-state index is -0.315. The molecule has 0 spiro atoms. The van der Waals surface area contributed by atoms with E-state index < -0.39 is 0 Å². The van der Waals surface area contributed by atoms with Crippen LogP contribution in [-0.4, -0.2) is 18.7 Å². The fourth-order valence-corrected chi connectivity index (χ4v) is 2.58. The van der Waals surface area contributed by atoms with Crippen LogP contribution in [0.2, 0.25) is 4.34 Å². The summed E-state index contributed by atoms with van der Waals surface area (Å²) in [6.07, 6.45) is 0. The first-order chi connectivity index (χ1) is 9.61. The van der Waals surface area contributed by atoms with Gasteiger partial charge in [-0.15, -0.1) is 11.3 Å². The number of nitrogens with one attached hydrogen (secondary N) is 1. The second-order valence-corrected chi connectivity index (χ2v) is 5.66. The fraction of sp³-hybridized carbons (Fsp3) is 0.143. The Bertz CT molecular complexity index is 652. The smallest absolute Gasteiger partial charge is 0.275 e. The summed E-state index contributed by atoms with van der Waals surface area (Å²) in [6, 6.07) is 10.6. The van der Waals surface area contributed by atoms with E-state index in [2.05, 4.69) is 10.5 Å². The van der Waals surface area contributed by atoms with Gasteiger partial charge in [0.1, 0.15) is 5.75 Å². The summed E-state index contributed by atoms with van der Waals surface area (Å²) in [5.74, 6) is 0.196. The zero-order valence-electron chi connectivity index (χ0n) is 11.0. The van der Waals surface area contributed by atoms with E-state index in [-0.39, 0.29) is 5.91 Å². The van der Waals surface area contributed by atoms with Crippen molar-refractivity contribution in [2.45, 2.75) is 6.92 Å². The first kappa shape index (κ1) is 14.6. The number of benzene rings is 1. The molecule has 0 aliphatic carbocycles. The normalized spacial score (nSPS) is 11.2. The number of thiophene rings is 1. The number of halogens is 1. The van der Waals surface area contributed by atoms with Crippen LogP contribution >= 0.6 is 22.9 Å². The van der Waals surface area contributed by atoms with Crippen molar-refractivity contribution in [3.63, 3.8) is 0 Å². The quantitative estimate of drug-likeness (QED) is 0.693. The second-order valence-electron chi connectivity index (χ2n) is 3.94. The summed E-state index contributed by atoms with van der Waals surface area (Å²) in [4.78, 5) is 13.0. The molecule has 1 heterocycles. The minimum absolute atomic E-state index is 0.315. The molecule has 2 aromatic rings. The molecule has 0 aliphatic heterocycles. The van der Waals surface area contributed by atoms with Gasteiger partial charge in [-0.1, -0.05) is 23.7 Å². The molecule has 0 aliphatic rings. The lowest BCUT2D eigenvalue weighted by Gasteiger charge is -2.06. The molecule has 2 rings (SSSR count). The molecule has 20 heavy (non-hydrogen) atoms. The molecule has 0 fully saturated rings. The summed E-state index contributed by atoms with van der Waals surface area (Å²) in [5.41, 5.74) is 3.65. The van der Waals surface area contributed by atoms with Gasteiger partial charge in [0, 0.05) is 0 Å². The monoisotopic (exact) mass is 308 g/mol. The molecule has 0 saturated heterocycles. The number of nitrogens with zero attached hydrogens (tertiary/aromatic N) is 1. The first-order valence-corrected chi connectivity index (χ1v) is 7.04. The Morgan fingerprint density at radius 1 is 1.30 bits per heavy atom. The van der Waals surface area contributed by atoms with Crippen LogP contribution in [0, 0.1) is 0 Å². The molecular formula is C14H13ClN2O2S. The lowest BCUT2D eigenvalue weighted by atomic mass is 10.2. The predicted octanol–water partition coefficient (Wildman–Crippen LogP) is 3.56. The van der Waals surface area contributed by atoms with E-state index in [1.807, 2.05) is 13.0 Å². The number of amides is 1. The number of methoxy groups -OCH3 is 1. The highest BCUT2D eigenvalue weighted by molar-refractivity contribution is 7.18. The van der Waals surface area contributed by atoms with Gasteiger partial charge in [-0.05, 0) is 31.2 Å². The Labute approximate surface area is 126 Å². The van der Waals surface area contributed by atoms with Crippen molar-refractivity contribution in [3.05, 3.63) is 51.2 Å². The van der Waals surface area contributed by atoms with Gasteiger partial charge in [0.25, 0.3) is 5.91 Å². The Balaban J connectivity index is 2.12. The lowest BCUT2D eigenvalue weighted by Crippen LogP contribution is -2.19. The maximum atomic E-state index is 12.0. The lowest BCUT2D eigenvalue weighted by molar-refractivity contribution is 0.0952. The van der Waals surface area contributed by atoms with Crippen LogP contribution in [0.15, 0.2) is 41.5 Å². The van der Waals surface area contributed by atoms with Gasteiger partial charge in [0.2, 0.25) is 0 Å². The summed E-state index contributed by atoms with van der Waals surface area (Å²) >= 11 is 7.27. The number of carbonyl (C=O) groups is 1. The van der Waals surface area contributed by atoms with Gasteiger partial charge >= 0.3 is 0 Å². The van der Waals surface area contributed by atoms with Crippen LogP contribution in [-0.2, 0) is 0 Å². The van der Waals surface area contributed by atoms with Crippen LogP contribution in [0.25, 0.3) is 0 Å². The number of rotatable bonds is 4. The van der Waals surface area contributed by atoms with Gasteiger partial charge in [-0.2, -0.15) is 5.10 Å². The fourth-order valence-electron chi connectivity index (χ4n) is 1.59. The molecule has 0 radical (unpaired) electrons. The van der Waals surface area contributed by atoms with Crippen LogP contribution in [0.1, 0.15) is 22.2 Å². The number of hydrazone groups is 1. The maximum Gasteiger partial charge on any atom is 0.275 e. The van der Waals surface area contributed by atoms with Crippen molar-refractivity contribution in [1.82, 2.24) is 5.43 Å². The largest absolute Gasteiger partial charge is 0.496 e. The summed E-state index contributed by atoms with van der Waals surface area (Å²) < 4.78 is 5.82. The summed E-state index contributed by atoms with van der Waals surface area (Å²) in [7, 11) is 1.52. The third-order valence-corrected chi connectivity index (χ3v) is 3.95. The van der Waals surface area contributed by atoms with Crippen molar-refractivity contribution < 1.29 is 9.53 Å². The molecule has 4 nitrogen and oxygen atoms in total. The summed E-state index contributed by atoms with van der Waals surface area (Å²) in [6.45, 7) is 1.81. The van der Waals surface area contributed by atoms with Crippen molar-refractivity contribution in [2.24, 2.45) is 5.10 Å². The van der Waals surface area contributed by atoms with Gasteiger partial charge in [0.15, 0.2) is 0 Å². The van der Waals surface area contributed by atoms with E-state index in [0.29, 0.717) is 21.4 Å². The Kier molecular flexibility index (Phi) is 4.76. The van der Waals surface area contributed by atoms with E-state index in [9.17, 15) is 4.79 Å². The van der Waals surface area contributed by atoms with Crippen LogP contribution in [0.4, 0.5) is 0 Å². The Hall–Kier alpha value is -1.85. The Morgan fingerprint density at radius 3 is 2.70 bits per heavy atom. The number of hydrogen-bond donors (Lipinski definition) is 1. The van der Waals surface area contributed by atoms with E-state index in [4.69, 9.17) is 16.3 Å². The molecule has 0 saturated carbocycles. The molecule has 1 N–H and O–H groups in total. The minimum Gasteiger partial charge on any atom is -0.496 e. The predicted molar refractivity (Wildman–Crippen MR) is 82.0 cm³/mol. The van der Waals surface area contributed by atoms with Crippen molar-refractivity contribution in [3.8, 4) is 5.75 Å². The third kappa shape index (κ3) is 3.37.